The summed E-state index contributed by atoms with van der Waals surface area (Å²) in [5, 5.41) is 87.8. The molecule has 0 radical (unpaired) electrons. The van der Waals surface area contributed by atoms with E-state index in [-0.39, 0.29) is 18.9 Å². The minimum atomic E-state index is -1.79. The highest BCUT2D eigenvalue weighted by Crippen LogP contribution is 2.30. The molecule has 0 aromatic carbocycles. The van der Waals surface area contributed by atoms with Gasteiger partial charge >= 0.3 is 0 Å². The van der Waals surface area contributed by atoms with Crippen molar-refractivity contribution in [1.29, 1.82) is 0 Å². The fourth-order valence-corrected chi connectivity index (χ4v) is 14.1. The largest absolute Gasteiger partial charge is 0.394 e. The first-order valence-electron chi connectivity index (χ1n) is 42.5. The Labute approximate surface area is 613 Å². The maximum Gasteiger partial charge on any atom is 0.220 e. The standard InChI is InChI=1S/C86H159NO13/c1-3-5-7-9-11-13-15-17-19-21-23-25-27-29-30-31-32-33-34-35-36-37-38-39-40-41-42-43-44-46-48-50-52-54-56-58-60-62-64-66-68-70-78(91)87-74(73-97-85-83(96)81(94)84(77(72-89)99-85)100-86-82(95)80(93)79(92)76(71-88)98-86)75(90)69-67-65-63-61-59-57-55-53-51-49-47-45-28-26-24-22-20-18-16-14-12-10-8-6-4-2/h5,7,11,13,17,19,23,25,67,69,74-77,79-86,88-90,92-96H,3-4,6,8-10,12,14-16,18,20-22,24,26-66,68,70-73H2,1-2H3,(H,87,91)/b7-5-,13-11-,19-17-,25-23-,69-67+. The van der Waals surface area contributed by atoms with Crippen LogP contribution in [0.1, 0.15) is 386 Å². The second kappa shape index (κ2) is 69.7. The number of unbranched alkanes of at least 4 members (excludes halogenated alkanes) is 51. The van der Waals surface area contributed by atoms with Gasteiger partial charge < -0.3 is 65.1 Å². The zero-order valence-corrected chi connectivity index (χ0v) is 64.5. The lowest BCUT2D eigenvalue weighted by atomic mass is 9.97. The van der Waals surface area contributed by atoms with Crippen LogP contribution >= 0.6 is 0 Å². The number of carbonyl (C=O) groups excluding carboxylic acids is 1. The van der Waals surface area contributed by atoms with Crippen molar-refractivity contribution < 1.29 is 64.6 Å². The van der Waals surface area contributed by atoms with Gasteiger partial charge in [-0.1, -0.05) is 383 Å². The number of carbonyl (C=O) groups is 1. The average Bonchev–Trinajstić information content (AvgIpc) is 0.791. The van der Waals surface area contributed by atoms with Crippen LogP contribution in [0.25, 0.3) is 0 Å². The molecule has 0 aliphatic carbocycles. The molecule has 12 unspecified atom stereocenters. The van der Waals surface area contributed by atoms with Crippen molar-refractivity contribution in [2.75, 3.05) is 19.8 Å². The summed E-state index contributed by atoms with van der Waals surface area (Å²) in [4.78, 5) is 13.4. The zero-order valence-electron chi connectivity index (χ0n) is 64.5. The number of hydrogen-bond donors (Lipinski definition) is 9. The summed E-state index contributed by atoms with van der Waals surface area (Å²) in [6.45, 7) is 2.75. The van der Waals surface area contributed by atoms with Crippen molar-refractivity contribution in [3.8, 4) is 0 Å². The predicted molar refractivity (Wildman–Crippen MR) is 415 cm³/mol. The predicted octanol–water partition coefficient (Wildman–Crippen LogP) is 19.9. The molecule has 2 rings (SSSR count). The summed E-state index contributed by atoms with van der Waals surface area (Å²) < 4.78 is 22.9. The molecule has 0 aromatic rings. The molecule has 12 atom stereocenters. The van der Waals surface area contributed by atoms with Gasteiger partial charge in [-0.3, -0.25) is 4.79 Å². The molecule has 0 bridgehead atoms. The van der Waals surface area contributed by atoms with Crippen LogP contribution < -0.4 is 5.32 Å². The summed E-state index contributed by atoms with van der Waals surface area (Å²) in [5.74, 6) is -0.231. The van der Waals surface area contributed by atoms with Crippen molar-refractivity contribution in [2.24, 2.45) is 0 Å². The summed E-state index contributed by atoms with van der Waals surface area (Å²) >= 11 is 0. The second-order valence-electron chi connectivity index (χ2n) is 29.9. The number of amides is 1. The lowest BCUT2D eigenvalue weighted by Crippen LogP contribution is -2.65. The normalized spacial score (nSPS) is 22.1. The number of nitrogens with one attached hydrogen (secondary N) is 1. The number of rotatable bonds is 72. The van der Waals surface area contributed by atoms with Gasteiger partial charge in [-0.2, -0.15) is 0 Å². The molecule has 2 fully saturated rings. The molecule has 2 saturated heterocycles. The summed E-state index contributed by atoms with van der Waals surface area (Å²) in [6, 6.07) is -0.915. The number of ether oxygens (including phenoxy) is 4. The van der Waals surface area contributed by atoms with Crippen LogP contribution in [0.2, 0.25) is 0 Å². The second-order valence-corrected chi connectivity index (χ2v) is 29.9. The van der Waals surface area contributed by atoms with Crippen LogP contribution in [0.3, 0.4) is 0 Å². The van der Waals surface area contributed by atoms with Gasteiger partial charge in [-0.05, 0) is 57.8 Å². The van der Waals surface area contributed by atoms with Crippen molar-refractivity contribution >= 4 is 5.91 Å². The first-order valence-corrected chi connectivity index (χ1v) is 42.5. The van der Waals surface area contributed by atoms with Crippen LogP contribution in [0.4, 0.5) is 0 Å². The van der Waals surface area contributed by atoms with E-state index in [4.69, 9.17) is 18.9 Å². The third-order valence-electron chi connectivity index (χ3n) is 20.7. The van der Waals surface area contributed by atoms with E-state index in [9.17, 15) is 45.6 Å². The van der Waals surface area contributed by atoms with Crippen LogP contribution in [0.5, 0.6) is 0 Å². The van der Waals surface area contributed by atoms with E-state index in [0.29, 0.717) is 6.42 Å². The molecular weight excluding hydrogens is 1250 g/mol. The highest BCUT2D eigenvalue weighted by molar-refractivity contribution is 5.76. The van der Waals surface area contributed by atoms with E-state index >= 15 is 0 Å². The average molecular weight is 1420 g/mol. The van der Waals surface area contributed by atoms with Gasteiger partial charge in [-0.15, -0.1) is 0 Å². The van der Waals surface area contributed by atoms with Crippen LogP contribution in [-0.4, -0.2) is 140 Å². The topological polar surface area (TPSA) is 228 Å². The van der Waals surface area contributed by atoms with Gasteiger partial charge in [0, 0.05) is 6.42 Å². The Kier molecular flexibility index (Phi) is 65.4. The number of hydrogen-bond acceptors (Lipinski definition) is 13. The third kappa shape index (κ3) is 51.8. The van der Waals surface area contributed by atoms with E-state index in [1.165, 1.54) is 295 Å². The Balaban J connectivity index is 1.55. The molecule has 0 spiro atoms. The SMILES string of the molecule is CC/C=C\C/C=C\C/C=C\C/C=C\CCCCCCCCCCCCCCCCCCCCCCCCCCCCCCC(=O)NC(COC1OC(CO)C(OC2OC(CO)C(O)C(O)C2O)C(O)C1O)C(O)/C=C/CCCCCCCCCCCCCCCCCCCCCCCCC. The Hall–Kier alpha value is -2.31. The Morgan fingerprint density at radius 2 is 0.690 bits per heavy atom. The van der Waals surface area contributed by atoms with Gasteiger partial charge in [0.25, 0.3) is 0 Å². The summed E-state index contributed by atoms with van der Waals surface area (Å²) in [7, 11) is 0. The maximum absolute atomic E-state index is 13.4. The van der Waals surface area contributed by atoms with Crippen molar-refractivity contribution in [3.05, 3.63) is 60.8 Å². The lowest BCUT2D eigenvalue weighted by molar-refractivity contribution is -0.359. The van der Waals surface area contributed by atoms with Crippen molar-refractivity contribution in [2.45, 2.75) is 460 Å². The molecule has 100 heavy (non-hydrogen) atoms. The van der Waals surface area contributed by atoms with E-state index in [1.54, 1.807) is 6.08 Å². The van der Waals surface area contributed by atoms with E-state index in [1.807, 2.05) is 6.08 Å². The molecule has 2 heterocycles. The van der Waals surface area contributed by atoms with Gasteiger partial charge in [0.2, 0.25) is 5.91 Å². The lowest BCUT2D eigenvalue weighted by Gasteiger charge is -2.46. The van der Waals surface area contributed by atoms with Crippen LogP contribution in [0.15, 0.2) is 60.8 Å². The van der Waals surface area contributed by atoms with Crippen LogP contribution in [0, 0.1) is 0 Å². The highest BCUT2D eigenvalue weighted by Gasteiger charge is 2.51. The molecule has 1 amide bonds. The van der Waals surface area contributed by atoms with Gasteiger partial charge in [-0.25, -0.2) is 0 Å². The van der Waals surface area contributed by atoms with Crippen LogP contribution in [-0.2, 0) is 23.7 Å². The molecule has 0 aromatic heterocycles. The highest BCUT2D eigenvalue weighted by atomic mass is 16.7. The zero-order chi connectivity index (χ0) is 72.2. The molecule has 2 aliphatic heterocycles. The maximum atomic E-state index is 13.4. The molecule has 2 aliphatic rings. The molecule has 9 N–H and O–H groups in total. The van der Waals surface area contributed by atoms with Crippen molar-refractivity contribution in [3.63, 3.8) is 0 Å². The molecule has 586 valence electrons. The monoisotopic (exact) mass is 1410 g/mol. The number of aliphatic hydroxyl groups is 8. The quantitative estimate of drug-likeness (QED) is 0.0204. The smallest absolute Gasteiger partial charge is 0.220 e. The summed E-state index contributed by atoms with van der Waals surface area (Å²) in [6.07, 6.45) is 79.0. The molecule has 14 nitrogen and oxygen atoms in total. The van der Waals surface area contributed by atoms with E-state index in [2.05, 4.69) is 67.8 Å². The number of allylic oxidation sites excluding steroid dienone is 9. The first kappa shape index (κ1) is 93.8. The molecule has 14 heteroatoms. The van der Waals surface area contributed by atoms with E-state index < -0.39 is 86.8 Å². The van der Waals surface area contributed by atoms with Gasteiger partial charge in [0.15, 0.2) is 12.6 Å². The molecular formula is C86H159NO13. The van der Waals surface area contributed by atoms with Crippen molar-refractivity contribution in [1.82, 2.24) is 5.32 Å². The van der Waals surface area contributed by atoms with E-state index in [0.717, 1.165) is 64.2 Å². The fraction of sp³-hybridized carbons (Fsp3) is 0.872. The Morgan fingerprint density at radius 3 is 1.06 bits per heavy atom. The molecule has 0 saturated carbocycles. The van der Waals surface area contributed by atoms with Gasteiger partial charge in [0.1, 0.15) is 48.8 Å². The first-order chi connectivity index (χ1) is 49.1. The summed E-state index contributed by atoms with van der Waals surface area (Å²) in [5.41, 5.74) is 0. The minimum absolute atomic E-state index is 0.231. The minimum Gasteiger partial charge on any atom is -0.394 e. The third-order valence-corrected chi connectivity index (χ3v) is 20.7. The fourth-order valence-electron chi connectivity index (χ4n) is 14.1. The Morgan fingerprint density at radius 1 is 0.370 bits per heavy atom. The van der Waals surface area contributed by atoms with Gasteiger partial charge in [0.05, 0.1) is 32.0 Å². The Bertz CT molecular complexity index is 1910. The number of aliphatic hydroxyl groups excluding tert-OH is 8.